The Bertz CT molecular complexity index is 749. The van der Waals surface area contributed by atoms with Gasteiger partial charge >= 0.3 is 6.03 Å². The number of nitrogens with one attached hydrogen (secondary N) is 1. The topological polar surface area (TPSA) is 50.8 Å². The van der Waals surface area contributed by atoms with Crippen LogP contribution in [0.25, 0.3) is 0 Å². The molecule has 0 radical (unpaired) electrons. The molecule has 2 amide bonds. The number of hydrogen-bond donors (Lipinski definition) is 1. The quantitative estimate of drug-likeness (QED) is 0.620. The molecule has 0 saturated carbocycles. The third kappa shape index (κ3) is 5.08. The van der Waals surface area contributed by atoms with Gasteiger partial charge in [0.1, 0.15) is 13.2 Å². The monoisotopic (exact) mass is 372 g/mol. The van der Waals surface area contributed by atoms with Crippen LogP contribution in [0, 0.1) is 6.92 Å². The fraction of sp³-hybridized carbons (Fsp3) is 0.350. The molecule has 5 nitrogen and oxygen atoms in total. The normalized spacial score (nSPS) is 12.5. The molecule has 6 heteroatoms. The first kappa shape index (κ1) is 18.5. The van der Waals surface area contributed by atoms with Crippen molar-refractivity contribution < 1.29 is 14.3 Å². The van der Waals surface area contributed by atoms with Gasteiger partial charge in [-0.05, 0) is 36.8 Å². The third-order valence-corrected chi connectivity index (χ3v) is 5.05. The van der Waals surface area contributed by atoms with Gasteiger partial charge < -0.3 is 19.7 Å². The molecule has 0 spiro atoms. The molecule has 2 aromatic rings. The summed E-state index contributed by atoms with van der Waals surface area (Å²) in [5, 5.41) is 2.96. The summed E-state index contributed by atoms with van der Waals surface area (Å²) < 4.78 is 11.1. The Morgan fingerprint density at radius 2 is 1.85 bits per heavy atom. The van der Waals surface area contributed by atoms with Gasteiger partial charge in [0, 0.05) is 30.8 Å². The van der Waals surface area contributed by atoms with Crippen LogP contribution >= 0.6 is 11.8 Å². The maximum atomic E-state index is 12.2. The molecule has 138 valence electrons. The summed E-state index contributed by atoms with van der Waals surface area (Å²) in [5.74, 6) is 2.35. The summed E-state index contributed by atoms with van der Waals surface area (Å²) in [6.45, 7) is 4.36. The minimum absolute atomic E-state index is 0.0793. The van der Waals surface area contributed by atoms with E-state index in [2.05, 4.69) is 36.5 Å². The fourth-order valence-corrected chi connectivity index (χ4v) is 3.40. The number of fused-ring (bicyclic) bond motifs is 1. The molecule has 0 aliphatic carbocycles. The van der Waals surface area contributed by atoms with Gasteiger partial charge in [0.2, 0.25) is 0 Å². The standard InChI is InChI=1S/C20H24N2O3S/c1-15-3-6-17(7-4-15)26-12-9-21-20(23)22(2)14-16-5-8-18-19(13-16)25-11-10-24-18/h3-8,13H,9-12,14H2,1-2H3,(H,21,23). The van der Waals surface area contributed by atoms with Gasteiger partial charge in [0.25, 0.3) is 0 Å². The maximum Gasteiger partial charge on any atom is 0.317 e. The molecule has 1 aliphatic heterocycles. The number of ether oxygens (including phenoxy) is 2. The Kier molecular flexibility index (Phi) is 6.28. The summed E-state index contributed by atoms with van der Waals surface area (Å²) in [6, 6.07) is 14.1. The molecule has 0 fully saturated rings. The lowest BCUT2D eigenvalue weighted by Gasteiger charge is -2.21. The van der Waals surface area contributed by atoms with Crippen molar-refractivity contribution in [1.82, 2.24) is 10.2 Å². The van der Waals surface area contributed by atoms with Crippen LogP contribution in [0.3, 0.4) is 0 Å². The molecule has 0 aromatic heterocycles. The van der Waals surface area contributed by atoms with E-state index in [9.17, 15) is 4.79 Å². The van der Waals surface area contributed by atoms with Crippen LogP contribution in [0.1, 0.15) is 11.1 Å². The SMILES string of the molecule is Cc1ccc(SCCNC(=O)N(C)Cc2ccc3c(c2)OCCO3)cc1. The number of aryl methyl sites for hydroxylation is 1. The average Bonchev–Trinajstić information content (AvgIpc) is 2.66. The van der Waals surface area contributed by atoms with Crippen LogP contribution in [-0.4, -0.2) is 43.5 Å². The van der Waals surface area contributed by atoms with Crippen LogP contribution in [-0.2, 0) is 6.54 Å². The van der Waals surface area contributed by atoms with Crippen molar-refractivity contribution in [3.63, 3.8) is 0 Å². The predicted molar refractivity (Wildman–Crippen MR) is 104 cm³/mol. The summed E-state index contributed by atoms with van der Waals surface area (Å²) in [5.41, 5.74) is 2.27. The molecular weight excluding hydrogens is 348 g/mol. The van der Waals surface area contributed by atoms with Crippen molar-refractivity contribution in [2.75, 3.05) is 32.6 Å². The Balaban J connectivity index is 1.42. The van der Waals surface area contributed by atoms with Gasteiger partial charge in [-0.15, -0.1) is 11.8 Å². The van der Waals surface area contributed by atoms with E-state index in [1.165, 1.54) is 10.5 Å². The molecular formula is C20H24N2O3S. The second-order valence-corrected chi connectivity index (χ2v) is 7.40. The van der Waals surface area contributed by atoms with Crippen molar-refractivity contribution >= 4 is 17.8 Å². The number of nitrogens with zero attached hydrogens (tertiary/aromatic N) is 1. The molecule has 0 atom stereocenters. The van der Waals surface area contributed by atoms with Crippen LogP contribution in [0.4, 0.5) is 4.79 Å². The van der Waals surface area contributed by atoms with Gasteiger partial charge in [0.15, 0.2) is 11.5 Å². The van der Waals surface area contributed by atoms with Crippen molar-refractivity contribution in [3.05, 3.63) is 53.6 Å². The fourth-order valence-electron chi connectivity index (χ4n) is 2.63. The largest absolute Gasteiger partial charge is 0.486 e. The van der Waals surface area contributed by atoms with Crippen LogP contribution in [0.15, 0.2) is 47.4 Å². The highest BCUT2D eigenvalue weighted by Gasteiger charge is 2.14. The lowest BCUT2D eigenvalue weighted by atomic mass is 10.2. The third-order valence-electron chi connectivity index (χ3n) is 4.04. The summed E-state index contributed by atoms with van der Waals surface area (Å²) in [6.07, 6.45) is 0. The van der Waals surface area contributed by atoms with E-state index in [0.29, 0.717) is 26.3 Å². The van der Waals surface area contributed by atoms with E-state index in [1.807, 2.05) is 18.2 Å². The highest BCUT2D eigenvalue weighted by molar-refractivity contribution is 7.99. The molecule has 0 unspecified atom stereocenters. The zero-order valence-corrected chi connectivity index (χ0v) is 16.0. The number of amides is 2. The highest BCUT2D eigenvalue weighted by Crippen LogP contribution is 2.31. The van der Waals surface area contributed by atoms with Crippen molar-refractivity contribution in [2.24, 2.45) is 0 Å². The van der Waals surface area contributed by atoms with E-state index >= 15 is 0 Å². The second-order valence-electron chi connectivity index (χ2n) is 6.23. The van der Waals surface area contributed by atoms with Crippen LogP contribution < -0.4 is 14.8 Å². The molecule has 1 N–H and O–H groups in total. The lowest BCUT2D eigenvalue weighted by Crippen LogP contribution is -2.37. The van der Waals surface area contributed by atoms with Crippen LogP contribution in [0.2, 0.25) is 0 Å². The van der Waals surface area contributed by atoms with Crippen LogP contribution in [0.5, 0.6) is 11.5 Å². The zero-order valence-electron chi connectivity index (χ0n) is 15.2. The summed E-state index contributed by atoms with van der Waals surface area (Å²) in [4.78, 5) is 15.1. The minimum Gasteiger partial charge on any atom is -0.486 e. The molecule has 0 saturated heterocycles. The number of benzene rings is 2. The average molecular weight is 372 g/mol. The van der Waals surface area contributed by atoms with E-state index in [0.717, 1.165) is 22.8 Å². The smallest absolute Gasteiger partial charge is 0.317 e. The molecule has 26 heavy (non-hydrogen) atoms. The van der Waals surface area contributed by atoms with Crippen molar-refractivity contribution in [3.8, 4) is 11.5 Å². The lowest BCUT2D eigenvalue weighted by molar-refractivity contribution is 0.171. The molecule has 2 aromatic carbocycles. The predicted octanol–water partition coefficient (Wildman–Crippen LogP) is 3.70. The summed E-state index contributed by atoms with van der Waals surface area (Å²) in [7, 11) is 1.79. The second kappa shape index (κ2) is 8.85. The van der Waals surface area contributed by atoms with E-state index in [4.69, 9.17) is 9.47 Å². The number of hydrogen-bond acceptors (Lipinski definition) is 4. The Morgan fingerprint density at radius 3 is 2.62 bits per heavy atom. The minimum atomic E-state index is -0.0793. The first-order chi connectivity index (χ1) is 12.6. The number of rotatable bonds is 6. The van der Waals surface area contributed by atoms with Gasteiger partial charge in [-0.2, -0.15) is 0 Å². The van der Waals surface area contributed by atoms with Gasteiger partial charge in [-0.3, -0.25) is 0 Å². The summed E-state index contributed by atoms with van der Waals surface area (Å²) >= 11 is 1.74. The number of thioether (sulfide) groups is 1. The van der Waals surface area contributed by atoms with E-state index in [1.54, 1.807) is 23.7 Å². The zero-order chi connectivity index (χ0) is 18.4. The molecule has 1 aliphatic rings. The number of urea groups is 1. The Hall–Kier alpha value is -2.34. The molecule has 1 heterocycles. The molecule has 0 bridgehead atoms. The highest BCUT2D eigenvalue weighted by atomic mass is 32.2. The Morgan fingerprint density at radius 1 is 1.12 bits per heavy atom. The first-order valence-corrected chi connectivity index (χ1v) is 9.67. The first-order valence-electron chi connectivity index (χ1n) is 8.69. The number of carbonyl (C=O) groups is 1. The van der Waals surface area contributed by atoms with E-state index < -0.39 is 0 Å². The molecule has 3 rings (SSSR count). The van der Waals surface area contributed by atoms with Crippen molar-refractivity contribution in [2.45, 2.75) is 18.4 Å². The Labute approximate surface area is 158 Å². The number of carbonyl (C=O) groups excluding carboxylic acids is 1. The van der Waals surface area contributed by atoms with E-state index in [-0.39, 0.29) is 6.03 Å². The maximum absolute atomic E-state index is 12.2. The van der Waals surface area contributed by atoms with Gasteiger partial charge in [-0.25, -0.2) is 4.79 Å². The van der Waals surface area contributed by atoms with Crippen molar-refractivity contribution in [1.29, 1.82) is 0 Å². The van der Waals surface area contributed by atoms with Gasteiger partial charge in [-0.1, -0.05) is 23.8 Å². The van der Waals surface area contributed by atoms with Gasteiger partial charge in [0.05, 0.1) is 0 Å².